The lowest BCUT2D eigenvalue weighted by Crippen LogP contribution is -1.95. The highest BCUT2D eigenvalue weighted by atomic mass is 32.1. The molecule has 5 aromatic rings. The molecule has 138 valence electrons. The van der Waals surface area contributed by atoms with Crippen molar-refractivity contribution in [3.63, 3.8) is 0 Å². The number of nitriles is 1. The number of aromatic nitrogens is 2. The van der Waals surface area contributed by atoms with Crippen molar-refractivity contribution in [1.82, 2.24) is 9.97 Å². The highest BCUT2D eigenvalue weighted by Crippen LogP contribution is 2.38. The van der Waals surface area contributed by atoms with Crippen molar-refractivity contribution in [3.05, 3.63) is 78.1 Å². The van der Waals surface area contributed by atoms with Crippen molar-refractivity contribution in [2.45, 2.75) is 0 Å². The lowest BCUT2D eigenvalue weighted by molar-refractivity contribution is 0.112. The summed E-state index contributed by atoms with van der Waals surface area (Å²) in [5.41, 5.74) is 4.76. The number of pyridine rings is 1. The van der Waals surface area contributed by atoms with Gasteiger partial charge < -0.3 is 10.3 Å². The topological polar surface area (TPSA) is 81.6 Å². The lowest BCUT2D eigenvalue weighted by Gasteiger charge is -2.09. The molecule has 0 saturated heterocycles. The summed E-state index contributed by atoms with van der Waals surface area (Å²) in [7, 11) is 0. The molecule has 5 nitrogen and oxygen atoms in total. The van der Waals surface area contributed by atoms with Crippen LogP contribution in [0, 0.1) is 11.3 Å². The summed E-state index contributed by atoms with van der Waals surface area (Å²) in [4.78, 5) is 20.6. The largest absolute Gasteiger partial charge is 0.361 e. The van der Waals surface area contributed by atoms with Gasteiger partial charge in [0.1, 0.15) is 17.2 Å². The van der Waals surface area contributed by atoms with Gasteiger partial charge >= 0.3 is 0 Å². The zero-order valence-corrected chi connectivity index (χ0v) is 16.0. The van der Waals surface area contributed by atoms with Crippen LogP contribution >= 0.6 is 11.3 Å². The second-order valence-corrected chi connectivity index (χ2v) is 7.67. The Morgan fingerprint density at radius 3 is 2.93 bits per heavy atom. The second-order valence-electron chi connectivity index (χ2n) is 6.64. The maximum absolute atomic E-state index is 11.1. The quantitative estimate of drug-likeness (QED) is 0.373. The zero-order valence-electron chi connectivity index (χ0n) is 15.1. The molecule has 5 rings (SSSR count). The average molecular weight is 394 g/mol. The molecule has 0 bridgehead atoms. The van der Waals surface area contributed by atoms with Crippen LogP contribution in [0.15, 0.2) is 67.0 Å². The lowest BCUT2D eigenvalue weighted by atomic mass is 10.1. The number of rotatable bonds is 4. The molecule has 0 aliphatic rings. The number of aromatic amines is 1. The van der Waals surface area contributed by atoms with Crippen LogP contribution in [0.2, 0.25) is 0 Å². The molecule has 2 aromatic carbocycles. The van der Waals surface area contributed by atoms with Crippen LogP contribution in [-0.2, 0) is 0 Å². The van der Waals surface area contributed by atoms with Crippen LogP contribution in [0.5, 0.6) is 0 Å². The highest BCUT2D eigenvalue weighted by molar-refractivity contribution is 7.22. The minimum atomic E-state index is 0.484. The average Bonchev–Trinajstić information content (AvgIpc) is 3.40. The number of nitrogens with zero attached hydrogens (tertiary/aromatic N) is 2. The predicted octanol–water partition coefficient (Wildman–Crippen LogP) is 5.87. The minimum absolute atomic E-state index is 0.484. The summed E-state index contributed by atoms with van der Waals surface area (Å²) in [6.07, 6.45) is 4.34. The number of thiophene rings is 1. The Hall–Kier alpha value is -3.95. The Balaban J connectivity index is 1.63. The molecule has 0 atom stereocenters. The van der Waals surface area contributed by atoms with Crippen molar-refractivity contribution in [2.75, 3.05) is 5.32 Å². The molecular weight excluding hydrogens is 380 g/mol. The molecule has 0 amide bonds. The number of H-pyrrole nitrogens is 1. The molecule has 29 heavy (non-hydrogen) atoms. The van der Waals surface area contributed by atoms with Gasteiger partial charge in [-0.2, -0.15) is 5.26 Å². The first-order chi connectivity index (χ1) is 14.2. The van der Waals surface area contributed by atoms with Gasteiger partial charge in [-0.15, -0.1) is 11.3 Å². The van der Waals surface area contributed by atoms with E-state index in [4.69, 9.17) is 0 Å². The van der Waals surface area contributed by atoms with E-state index in [1.165, 1.54) is 11.3 Å². The second kappa shape index (κ2) is 6.89. The van der Waals surface area contributed by atoms with Gasteiger partial charge in [-0.3, -0.25) is 4.79 Å². The van der Waals surface area contributed by atoms with Crippen molar-refractivity contribution in [1.29, 1.82) is 5.26 Å². The van der Waals surface area contributed by atoms with E-state index in [0.29, 0.717) is 11.1 Å². The normalized spacial score (nSPS) is 10.9. The number of benzene rings is 2. The van der Waals surface area contributed by atoms with Crippen molar-refractivity contribution >= 4 is 50.1 Å². The van der Waals surface area contributed by atoms with Gasteiger partial charge in [0.05, 0.1) is 11.3 Å². The van der Waals surface area contributed by atoms with Gasteiger partial charge in [-0.1, -0.05) is 18.2 Å². The number of hydrogen-bond acceptors (Lipinski definition) is 5. The van der Waals surface area contributed by atoms with Crippen LogP contribution in [0.25, 0.3) is 31.6 Å². The monoisotopic (exact) mass is 394 g/mol. The SMILES string of the molecule is N#Cc1cnc2sc(-c3cccc(C=O)c3)cc2c1Nc1ccc2[nH]ccc2c1. The summed E-state index contributed by atoms with van der Waals surface area (Å²) in [5.74, 6) is 0. The van der Waals surface area contributed by atoms with Crippen LogP contribution in [0.4, 0.5) is 11.4 Å². The van der Waals surface area contributed by atoms with Crippen LogP contribution < -0.4 is 5.32 Å². The Morgan fingerprint density at radius 1 is 1.14 bits per heavy atom. The molecule has 0 aliphatic heterocycles. The number of carbonyl (C=O) groups is 1. The molecule has 6 heteroatoms. The molecule has 0 aliphatic carbocycles. The third-order valence-corrected chi connectivity index (χ3v) is 5.90. The van der Waals surface area contributed by atoms with Gasteiger partial charge in [0.2, 0.25) is 0 Å². The Kier molecular flexibility index (Phi) is 4.08. The number of nitrogens with one attached hydrogen (secondary N) is 2. The summed E-state index contributed by atoms with van der Waals surface area (Å²) in [6.45, 7) is 0. The standard InChI is InChI=1S/C23H14N4OS/c24-11-17-12-26-23-19(10-21(29-23)16-3-1-2-14(8-16)13-28)22(17)27-18-4-5-20-15(9-18)6-7-25-20/h1-10,12-13,25H,(H,26,27). The van der Waals surface area contributed by atoms with Crippen molar-refractivity contribution in [2.24, 2.45) is 0 Å². The van der Waals surface area contributed by atoms with Gasteiger partial charge in [-0.25, -0.2) is 4.98 Å². The van der Waals surface area contributed by atoms with E-state index >= 15 is 0 Å². The number of aldehydes is 1. The van der Waals surface area contributed by atoms with Crippen molar-refractivity contribution in [3.8, 4) is 16.5 Å². The van der Waals surface area contributed by atoms with Crippen LogP contribution in [-0.4, -0.2) is 16.3 Å². The Bertz CT molecular complexity index is 1420. The minimum Gasteiger partial charge on any atom is -0.361 e. The van der Waals surface area contributed by atoms with Crippen LogP contribution in [0.1, 0.15) is 15.9 Å². The van der Waals surface area contributed by atoms with E-state index in [0.717, 1.165) is 49.2 Å². The number of fused-ring (bicyclic) bond motifs is 2. The van der Waals surface area contributed by atoms with Crippen molar-refractivity contribution < 1.29 is 4.79 Å². The zero-order chi connectivity index (χ0) is 19.8. The van der Waals surface area contributed by atoms with Gasteiger partial charge in [0, 0.05) is 44.8 Å². The van der Waals surface area contributed by atoms with E-state index in [9.17, 15) is 10.1 Å². The Labute approximate surface area is 170 Å². The third kappa shape index (κ3) is 3.04. The fourth-order valence-electron chi connectivity index (χ4n) is 3.39. The smallest absolute Gasteiger partial charge is 0.150 e. The highest BCUT2D eigenvalue weighted by Gasteiger charge is 2.14. The van der Waals surface area contributed by atoms with E-state index in [2.05, 4.69) is 21.4 Å². The molecule has 0 fully saturated rings. The number of anilines is 2. The molecule has 2 N–H and O–H groups in total. The molecule has 0 radical (unpaired) electrons. The molecular formula is C23H14N4OS. The first-order valence-corrected chi connectivity index (χ1v) is 9.79. The van der Waals surface area contributed by atoms with E-state index in [1.807, 2.05) is 54.7 Å². The van der Waals surface area contributed by atoms with E-state index < -0.39 is 0 Å². The molecule has 0 saturated carbocycles. The fraction of sp³-hybridized carbons (Fsp3) is 0. The van der Waals surface area contributed by atoms with E-state index in [1.54, 1.807) is 12.3 Å². The maximum Gasteiger partial charge on any atom is 0.150 e. The van der Waals surface area contributed by atoms with E-state index in [-0.39, 0.29) is 0 Å². The predicted molar refractivity (Wildman–Crippen MR) is 117 cm³/mol. The molecule has 3 heterocycles. The number of hydrogen-bond donors (Lipinski definition) is 2. The fourth-order valence-corrected chi connectivity index (χ4v) is 4.40. The molecule has 0 unspecified atom stereocenters. The Morgan fingerprint density at radius 2 is 2.07 bits per heavy atom. The third-order valence-electron chi connectivity index (χ3n) is 4.81. The first kappa shape index (κ1) is 17.2. The molecule has 3 aromatic heterocycles. The van der Waals surface area contributed by atoms with Gasteiger partial charge in [0.25, 0.3) is 0 Å². The first-order valence-electron chi connectivity index (χ1n) is 8.97. The maximum atomic E-state index is 11.1. The van der Waals surface area contributed by atoms with Crippen LogP contribution in [0.3, 0.4) is 0 Å². The van der Waals surface area contributed by atoms with Gasteiger partial charge in [-0.05, 0) is 42.0 Å². The summed E-state index contributed by atoms with van der Waals surface area (Å²) < 4.78 is 0. The summed E-state index contributed by atoms with van der Waals surface area (Å²) >= 11 is 1.54. The molecule has 0 spiro atoms. The number of carbonyl (C=O) groups excluding carboxylic acids is 1. The summed E-state index contributed by atoms with van der Waals surface area (Å²) in [6, 6.07) is 19.8. The summed E-state index contributed by atoms with van der Waals surface area (Å²) in [5, 5.41) is 15.0. The van der Waals surface area contributed by atoms with Gasteiger partial charge in [0.15, 0.2) is 0 Å².